The Morgan fingerprint density at radius 2 is 1.62 bits per heavy atom. The molecular formula is C24H18N4O. The van der Waals surface area contributed by atoms with Gasteiger partial charge in [-0.25, -0.2) is 4.98 Å². The molecule has 0 aliphatic heterocycles. The first-order chi connectivity index (χ1) is 14.3. The van der Waals surface area contributed by atoms with Gasteiger partial charge in [-0.1, -0.05) is 72.8 Å². The number of nitrogens with one attached hydrogen (secondary N) is 2. The molecule has 0 bridgehead atoms. The molecule has 0 unspecified atom stereocenters. The van der Waals surface area contributed by atoms with E-state index in [-0.39, 0.29) is 5.56 Å². The third-order valence-corrected chi connectivity index (χ3v) is 4.99. The zero-order chi connectivity index (χ0) is 19.6. The second-order valence-corrected chi connectivity index (χ2v) is 6.84. The monoisotopic (exact) mass is 378 g/mol. The fraction of sp³-hybridized carbons (Fsp3) is 0.0417. The van der Waals surface area contributed by atoms with Gasteiger partial charge in [0.05, 0.1) is 5.39 Å². The number of pyridine rings is 1. The van der Waals surface area contributed by atoms with Crippen molar-refractivity contribution >= 4 is 27.8 Å². The molecule has 0 radical (unpaired) electrons. The van der Waals surface area contributed by atoms with Gasteiger partial charge in [-0.2, -0.15) is 4.98 Å². The van der Waals surface area contributed by atoms with E-state index < -0.39 is 0 Å². The average molecular weight is 378 g/mol. The van der Waals surface area contributed by atoms with Crippen molar-refractivity contribution in [2.45, 2.75) is 6.54 Å². The smallest absolute Gasteiger partial charge is 0.262 e. The summed E-state index contributed by atoms with van der Waals surface area (Å²) in [5, 5.41) is 5.89. The van der Waals surface area contributed by atoms with E-state index in [1.165, 1.54) is 0 Å². The zero-order valence-corrected chi connectivity index (χ0v) is 15.6. The van der Waals surface area contributed by atoms with Gasteiger partial charge in [0.25, 0.3) is 5.56 Å². The van der Waals surface area contributed by atoms with Crippen LogP contribution < -0.4 is 10.9 Å². The van der Waals surface area contributed by atoms with Crippen LogP contribution in [0.1, 0.15) is 5.56 Å². The van der Waals surface area contributed by atoms with E-state index in [0.29, 0.717) is 23.5 Å². The van der Waals surface area contributed by atoms with E-state index in [0.717, 1.165) is 27.5 Å². The van der Waals surface area contributed by atoms with Gasteiger partial charge in [-0.3, -0.25) is 9.78 Å². The van der Waals surface area contributed by atoms with Crippen LogP contribution in [-0.4, -0.2) is 15.0 Å². The van der Waals surface area contributed by atoms with Crippen LogP contribution in [-0.2, 0) is 6.54 Å². The van der Waals surface area contributed by atoms with E-state index in [1.54, 1.807) is 6.20 Å². The van der Waals surface area contributed by atoms with Crippen LogP contribution in [0.2, 0.25) is 0 Å². The van der Waals surface area contributed by atoms with Gasteiger partial charge in [0.2, 0.25) is 5.95 Å². The second kappa shape index (κ2) is 7.20. The molecule has 29 heavy (non-hydrogen) atoms. The molecule has 0 atom stereocenters. The summed E-state index contributed by atoms with van der Waals surface area (Å²) in [7, 11) is 0. The topological polar surface area (TPSA) is 70.7 Å². The van der Waals surface area contributed by atoms with Crippen molar-refractivity contribution in [2.75, 3.05) is 5.32 Å². The Bertz CT molecular complexity index is 1370. The van der Waals surface area contributed by atoms with Gasteiger partial charge in [-0.15, -0.1) is 0 Å². The van der Waals surface area contributed by atoms with Crippen molar-refractivity contribution < 1.29 is 0 Å². The molecule has 2 N–H and O–H groups in total. The van der Waals surface area contributed by atoms with E-state index in [4.69, 9.17) is 0 Å². The largest absolute Gasteiger partial charge is 0.352 e. The summed E-state index contributed by atoms with van der Waals surface area (Å²) in [5.41, 5.74) is 3.15. The van der Waals surface area contributed by atoms with Gasteiger partial charge in [0.15, 0.2) is 5.65 Å². The Hall–Kier alpha value is -3.99. The third-order valence-electron chi connectivity index (χ3n) is 4.99. The highest BCUT2D eigenvalue weighted by molar-refractivity contribution is 6.03. The van der Waals surface area contributed by atoms with Crippen LogP contribution in [0, 0.1) is 0 Å². The minimum absolute atomic E-state index is 0.207. The lowest BCUT2D eigenvalue weighted by Crippen LogP contribution is -2.14. The third kappa shape index (κ3) is 3.23. The molecule has 5 nitrogen and oxygen atoms in total. The molecule has 0 aliphatic rings. The Kier molecular flexibility index (Phi) is 4.26. The highest BCUT2D eigenvalue weighted by Crippen LogP contribution is 2.31. The maximum atomic E-state index is 13.0. The number of nitrogens with zero attached hydrogens (tertiary/aromatic N) is 2. The number of rotatable bonds is 4. The number of fused-ring (bicyclic) bond motifs is 2. The van der Waals surface area contributed by atoms with Crippen molar-refractivity contribution in [1.29, 1.82) is 0 Å². The normalized spacial score (nSPS) is 11.0. The van der Waals surface area contributed by atoms with Crippen LogP contribution in [0.25, 0.3) is 32.9 Å². The molecule has 0 spiro atoms. The minimum Gasteiger partial charge on any atom is -0.352 e. The lowest BCUT2D eigenvalue weighted by molar-refractivity contribution is 1.05. The predicted molar refractivity (Wildman–Crippen MR) is 117 cm³/mol. The molecule has 2 aromatic heterocycles. The summed E-state index contributed by atoms with van der Waals surface area (Å²) < 4.78 is 0. The maximum Gasteiger partial charge on any atom is 0.262 e. The second-order valence-electron chi connectivity index (χ2n) is 6.84. The fourth-order valence-electron chi connectivity index (χ4n) is 3.61. The molecule has 5 heteroatoms. The van der Waals surface area contributed by atoms with Gasteiger partial charge >= 0.3 is 0 Å². The molecule has 0 amide bonds. The number of aromatic amines is 1. The van der Waals surface area contributed by atoms with E-state index >= 15 is 0 Å². The van der Waals surface area contributed by atoms with Crippen LogP contribution in [0.4, 0.5) is 5.95 Å². The Morgan fingerprint density at radius 1 is 0.828 bits per heavy atom. The lowest BCUT2D eigenvalue weighted by atomic mass is 9.97. The molecule has 140 valence electrons. The molecule has 2 heterocycles. The quantitative estimate of drug-likeness (QED) is 0.473. The summed E-state index contributed by atoms with van der Waals surface area (Å²) in [5.74, 6) is 0.411. The number of anilines is 1. The summed E-state index contributed by atoms with van der Waals surface area (Å²) in [6.07, 6.45) is 1.70. The van der Waals surface area contributed by atoms with Crippen LogP contribution in [0.3, 0.4) is 0 Å². The van der Waals surface area contributed by atoms with Crippen molar-refractivity contribution in [3.8, 4) is 11.1 Å². The maximum absolute atomic E-state index is 13.0. The standard InChI is InChI=1S/C24H18N4O/c29-23-21-20(19-12-6-10-17-9-4-5-11-18(17)19)13-14-25-22(21)27-24(28-23)26-15-16-7-2-1-3-8-16/h1-14H,15H2,(H2,25,26,27,28,29). The molecule has 5 rings (SSSR count). The summed E-state index contributed by atoms with van der Waals surface area (Å²) in [4.78, 5) is 24.7. The molecule has 3 aromatic carbocycles. The molecule has 0 saturated carbocycles. The zero-order valence-electron chi connectivity index (χ0n) is 15.6. The minimum atomic E-state index is -0.207. The van der Waals surface area contributed by atoms with Crippen molar-refractivity contribution in [3.63, 3.8) is 0 Å². The van der Waals surface area contributed by atoms with Crippen molar-refractivity contribution in [1.82, 2.24) is 15.0 Å². The molecule has 0 saturated heterocycles. The van der Waals surface area contributed by atoms with Gasteiger partial charge in [-0.05, 0) is 28.0 Å². The van der Waals surface area contributed by atoms with E-state index in [9.17, 15) is 4.79 Å². The van der Waals surface area contributed by atoms with Crippen LogP contribution in [0.15, 0.2) is 89.9 Å². The van der Waals surface area contributed by atoms with Crippen molar-refractivity contribution in [2.24, 2.45) is 0 Å². The Labute approximate surface area is 167 Å². The van der Waals surface area contributed by atoms with Gasteiger partial charge in [0.1, 0.15) is 0 Å². The summed E-state index contributed by atoms with van der Waals surface area (Å²) >= 11 is 0. The van der Waals surface area contributed by atoms with E-state index in [2.05, 4.69) is 38.5 Å². The first-order valence-electron chi connectivity index (χ1n) is 9.44. The average Bonchev–Trinajstić information content (AvgIpc) is 2.77. The Morgan fingerprint density at radius 3 is 2.52 bits per heavy atom. The number of benzene rings is 3. The Balaban J connectivity index is 1.60. The summed E-state index contributed by atoms with van der Waals surface area (Å²) in [6, 6.07) is 26.1. The van der Waals surface area contributed by atoms with Crippen LogP contribution >= 0.6 is 0 Å². The number of hydrogen-bond donors (Lipinski definition) is 2. The highest BCUT2D eigenvalue weighted by atomic mass is 16.1. The van der Waals surface area contributed by atoms with E-state index in [1.807, 2.05) is 60.7 Å². The SMILES string of the molecule is O=c1[nH]c(NCc2ccccc2)nc2nccc(-c3cccc4ccccc34)c12. The summed E-state index contributed by atoms with van der Waals surface area (Å²) in [6.45, 7) is 0.568. The fourth-order valence-corrected chi connectivity index (χ4v) is 3.61. The highest BCUT2D eigenvalue weighted by Gasteiger charge is 2.13. The van der Waals surface area contributed by atoms with Gasteiger partial charge < -0.3 is 5.32 Å². The van der Waals surface area contributed by atoms with Crippen LogP contribution in [0.5, 0.6) is 0 Å². The van der Waals surface area contributed by atoms with Crippen molar-refractivity contribution in [3.05, 3.63) is 101 Å². The molecule has 5 aromatic rings. The first-order valence-corrected chi connectivity index (χ1v) is 9.44. The molecule has 0 aliphatic carbocycles. The lowest BCUT2D eigenvalue weighted by Gasteiger charge is -2.10. The number of H-pyrrole nitrogens is 1. The first kappa shape index (κ1) is 17.1. The number of hydrogen-bond acceptors (Lipinski definition) is 4. The molecular weight excluding hydrogens is 360 g/mol. The predicted octanol–water partition coefficient (Wildman–Crippen LogP) is 4.75. The van der Waals surface area contributed by atoms with Gasteiger partial charge in [0, 0.05) is 18.3 Å². The number of aromatic nitrogens is 3. The molecule has 0 fully saturated rings.